The lowest BCUT2D eigenvalue weighted by Gasteiger charge is -2.38. The Bertz CT molecular complexity index is 501. The van der Waals surface area contributed by atoms with Crippen molar-refractivity contribution in [1.82, 2.24) is 10.2 Å². The minimum atomic E-state index is 0. The third-order valence-corrected chi connectivity index (χ3v) is 4.71. The monoisotopic (exact) mass is 379 g/mol. The lowest BCUT2D eigenvalue weighted by Crippen LogP contribution is -2.55. The molecule has 1 atom stereocenters. The van der Waals surface area contributed by atoms with Gasteiger partial charge in [-0.1, -0.05) is 30.2 Å². The number of rotatable bonds is 2. The maximum absolute atomic E-state index is 12.5. The van der Waals surface area contributed by atoms with Crippen LogP contribution in [0.25, 0.3) is 0 Å². The van der Waals surface area contributed by atoms with Crippen molar-refractivity contribution in [3.8, 4) is 0 Å². The van der Waals surface area contributed by atoms with E-state index in [0.29, 0.717) is 0 Å². The topological polar surface area (TPSA) is 35.6 Å². The fraction of sp³-hybridized carbons (Fsp3) is 0.562. The highest BCUT2D eigenvalue weighted by atomic mass is 35.5. The summed E-state index contributed by atoms with van der Waals surface area (Å²) in [6, 6.07) is 7.94. The number of amides is 1. The molecule has 0 bridgehead atoms. The molecule has 2 saturated heterocycles. The van der Waals surface area contributed by atoms with Gasteiger partial charge < -0.3 is 15.1 Å². The Kier molecular flexibility index (Phi) is 8.48. The van der Waals surface area contributed by atoms with Gasteiger partial charge in [-0.15, -0.1) is 24.8 Å². The molecule has 2 aliphatic rings. The van der Waals surface area contributed by atoms with E-state index in [1.54, 1.807) is 0 Å². The van der Waals surface area contributed by atoms with E-state index < -0.39 is 0 Å². The predicted octanol–water partition coefficient (Wildman–Crippen LogP) is 2.97. The number of carbonyl (C=O) groups excluding carboxylic acids is 1. The Morgan fingerprint density at radius 2 is 1.78 bits per heavy atom. The van der Waals surface area contributed by atoms with Gasteiger partial charge in [-0.05, 0) is 31.5 Å². The summed E-state index contributed by atoms with van der Waals surface area (Å²) >= 11 is 6.25. The molecule has 7 heteroatoms. The van der Waals surface area contributed by atoms with Gasteiger partial charge in [0.05, 0.1) is 16.8 Å². The van der Waals surface area contributed by atoms with Crippen LogP contribution >= 0.6 is 36.4 Å². The van der Waals surface area contributed by atoms with Gasteiger partial charge in [0.15, 0.2) is 0 Å². The van der Waals surface area contributed by atoms with Crippen molar-refractivity contribution in [3.63, 3.8) is 0 Å². The molecule has 0 radical (unpaired) electrons. The van der Waals surface area contributed by atoms with E-state index in [1.807, 2.05) is 29.2 Å². The molecule has 2 fully saturated rings. The summed E-state index contributed by atoms with van der Waals surface area (Å²) < 4.78 is 0. The lowest BCUT2D eigenvalue weighted by molar-refractivity contribution is -0.134. The predicted molar refractivity (Wildman–Crippen MR) is 100 cm³/mol. The zero-order chi connectivity index (χ0) is 14.7. The molecule has 1 amide bonds. The zero-order valence-corrected chi connectivity index (χ0v) is 15.4. The Morgan fingerprint density at radius 1 is 1.09 bits per heavy atom. The maximum Gasteiger partial charge on any atom is 0.239 e. The summed E-state index contributed by atoms with van der Waals surface area (Å²) in [5, 5.41) is 4.13. The number of nitrogens with one attached hydrogen (secondary N) is 1. The highest BCUT2D eigenvalue weighted by molar-refractivity contribution is 6.33. The molecule has 0 spiro atoms. The quantitative estimate of drug-likeness (QED) is 0.857. The van der Waals surface area contributed by atoms with Crippen molar-refractivity contribution in [2.45, 2.75) is 25.3 Å². The number of hydrogen-bond donors (Lipinski definition) is 1. The van der Waals surface area contributed by atoms with Gasteiger partial charge in [0.2, 0.25) is 5.91 Å². The number of hydrogen-bond acceptors (Lipinski definition) is 3. The van der Waals surface area contributed by atoms with Crippen LogP contribution in [-0.2, 0) is 4.79 Å². The summed E-state index contributed by atoms with van der Waals surface area (Å²) in [5.41, 5.74) is 1.07. The van der Waals surface area contributed by atoms with E-state index >= 15 is 0 Å². The molecule has 3 rings (SSSR count). The Balaban J connectivity index is 0.00000132. The van der Waals surface area contributed by atoms with Gasteiger partial charge in [-0.25, -0.2) is 0 Å². The van der Waals surface area contributed by atoms with E-state index in [-0.39, 0.29) is 36.8 Å². The first-order valence-corrected chi connectivity index (χ1v) is 8.15. The molecule has 130 valence electrons. The number of nitrogens with zero attached hydrogens (tertiary/aromatic N) is 2. The Morgan fingerprint density at radius 3 is 2.39 bits per heavy atom. The minimum Gasteiger partial charge on any atom is -0.367 e. The lowest BCUT2D eigenvalue weighted by atomic mass is 10.0. The SMILES string of the molecule is Cl.Cl.O=C([C@@H]1CCCCN1)N1CCN(c2ccccc2Cl)CC1. The highest BCUT2D eigenvalue weighted by Crippen LogP contribution is 2.26. The number of anilines is 1. The summed E-state index contributed by atoms with van der Waals surface area (Å²) in [5.74, 6) is 0.272. The van der Waals surface area contributed by atoms with Crippen molar-refractivity contribution in [2.24, 2.45) is 0 Å². The van der Waals surface area contributed by atoms with Crippen molar-refractivity contribution in [2.75, 3.05) is 37.6 Å². The fourth-order valence-corrected chi connectivity index (χ4v) is 3.41. The molecule has 1 N–H and O–H groups in total. The molecule has 2 aliphatic heterocycles. The fourth-order valence-electron chi connectivity index (χ4n) is 3.16. The molecule has 2 heterocycles. The normalized spacial score (nSPS) is 21.2. The smallest absolute Gasteiger partial charge is 0.239 e. The molecule has 0 unspecified atom stereocenters. The molecule has 1 aromatic carbocycles. The van der Waals surface area contributed by atoms with E-state index in [2.05, 4.69) is 10.2 Å². The molecule has 0 aliphatic carbocycles. The third kappa shape index (κ3) is 4.90. The van der Waals surface area contributed by atoms with Crippen LogP contribution in [0.1, 0.15) is 19.3 Å². The second kappa shape index (κ2) is 9.58. The first kappa shape index (κ1) is 20.4. The van der Waals surface area contributed by atoms with E-state index in [1.165, 1.54) is 6.42 Å². The summed E-state index contributed by atoms with van der Waals surface area (Å²) in [4.78, 5) is 16.7. The standard InChI is InChI=1S/C16H22ClN3O.2ClH/c17-13-5-1-2-7-15(13)19-9-11-20(12-10-19)16(21)14-6-3-4-8-18-14;;/h1-2,5,7,14,18H,3-4,6,8-12H2;2*1H/t14-;;/m0../s1. The molecule has 0 saturated carbocycles. The van der Waals surface area contributed by atoms with Crippen LogP contribution in [0.4, 0.5) is 5.69 Å². The number of benzene rings is 1. The van der Waals surface area contributed by atoms with Gasteiger partial charge >= 0.3 is 0 Å². The number of carbonyl (C=O) groups is 1. The minimum absolute atomic E-state index is 0. The van der Waals surface area contributed by atoms with Crippen LogP contribution in [0, 0.1) is 0 Å². The van der Waals surface area contributed by atoms with Crippen LogP contribution in [0.15, 0.2) is 24.3 Å². The maximum atomic E-state index is 12.5. The van der Waals surface area contributed by atoms with Crippen LogP contribution in [0.3, 0.4) is 0 Å². The van der Waals surface area contributed by atoms with Crippen LogP contribution in [0.5, 0.6) is 0 Å². The van der Waals surface area contributed by atoms with Gasteiger partial charge in [0.1, 0.15) is 0 Å². The Hall–Kier alpha value is -0.680. The molecular formula is C16H24Cl3N3O. The average molecular weight is 381 g/mol. The first-order chi connectivity index (χ1) is 10.3. The van der Waals surface area contributed by atoms with Gasteiger partial charge in [0.25, 0.3) is 0 Å². The zero-order valence-electron chi connectivity index (χ0n) is 13.0. The van der Waals surface area contributed by atoms with Crippen LogP contribution in [-0.4, -0.2) is 49.6 Å². The number of para-hydroxylation sites is 1. The van der Waals surface area contributed by atoms with E-state index in [0.717, 1.165) is 56.3 Å². The summed E-state index contributed by atoms with van der Waals surface area (Å²) in [6.07, 6.45) is 3.32. The molecular weight excluding hydrogens is 357 g/mol. The highest BCUT2D eigenvalue weighted by Gasteiger charge is 2.28. The van der Waals surface area contributed by atoms with Crippen molar-refractivity contribution in [1.29, 1.82) is 0 Å². The van der Waals surface area contributed by atoms with Crippen LogP contribution in [0.2, 0.25) is 5.02 Å². The van der Waals surface area contributed by atoms with E-state index in [9.17, 15) is 4.79 Å². The van der Waals surface area contributed by atoms with Crippen molar-refractivity contribution in [3.05, 3.63) is 29.3 Å². The third-order valence-electron chi connectivity index (χ3n) is 4.39. The largest absolute Gasteiger partial charge is 0.367 e. The molecule has 4 nitrogen and oxygen atoms in total. The second-order valence-corrected chi connectivity index (χ2v) is 6.17. The molecule has 23 heavy (non-hydrogen) atoms. The van der Waals surface area contributed by atoms with Crippen LogP contribution < -0.4 is 10.2 Å². The molecule has 1 aromatic rings. The number of piperazine rings is 1. The summed E-state index contributed by atoms with van der Waals surface area (Å²) in [6.45, 7) is 4.23. The average Bonchev–Trinajstić information content (AvgIpc) is 2.56. The number of piperidine rings is 1. The number of halogens is 3. The van der Waals surface area contributed by atoms with Crippen molar-refractivity contribution >= 4 is 48.0 Å². The van der Waals surface area contributed by atoms with Gasteiger partial charge in [-0.2, -0.15) is 0 Å². The molecule has 0 aromatic heterocycles. The summed E-state index contributed by atoms with van der Waals surface area (Å²) in [7, 11) is 0. The first-order valence-electron chi connectivity index (χ1n) is 7.77. The second-order valence-electron chi connectivity index (χ2n) is 5.77. The van der Waals surface area contributed by atoms with Gasteiger partial charge in [0, 0.05) is 26.2 Å². The van der Waals surface area contributed by atoms with Gasteiger partial charge in [-0.3, -0.25) is 4.79 Å². The van der Waals surface area contributed by atoms with E-state index in [4.69, 9.17) is 11.6 Å². The Labute approximate surface area is 155 Å². The van der Waals surface area contributed by atoms with Crippen molar-refractivity contribution < 1.29 is 4.79 Å².